The standard InChI is InChI=1S/C14H21NO2/c1-10(2)12-7-6-11(3)13(8-12)15(4)9-14(16)17-5/h6-8,10H,9H2,1-5H3. The van der Waals surface area contributed by atoms with Crippen LogP contribution < -0.4 is 4.90 Å². The smallest absolute Gasteiger partial charge is 0.325 e. The molecule has 1 aromatic carbocycles. The van der Waals surface area contributed by atoms with E-state index in [0.29, 0.717) is 5.92 Å². The third-order valence-corrected chi connectivity index (χ3v) is 2.91. The molecule has 1 aromatic rings. The van der Waals surface area contributed by atoms with Gasteiger partial charge in [-0.2, -0.15) is 0 Å². The van der Waals surface area contributed by atoms with Gasteiger partial charge in [-0.1, -0.05) is 26.0 Å². The van der Waals surface area contributed by atoms with Gasteiger partial charge in [-0.05, 0) is 30.0 Å². The van der Waals surface area contributed by atoms with Crippen LogP contribution in [0.3, 0.4) is 0 Å². The van der Waals surface area contributed by atoms with Crippen LogP contribution >= 0.6 is 0 Å². The molecule has 0 amide bonds. The lowest BCUT2D eigenvalue weighted by molar-refractivity contribution is -0.138. The molecule has 0 unspecified atom stereocenters. The molecule has 0 N–H and O–H groups in total. The molecule has 1 rings (SSSR count). The molecule has 0 aliphatic rings. The van der Waals surface area contributed by atoms with Crippen molar-refractivity contribution in [2.45, 2.75) is 26.7 Å². The summed E-state index contributed by atoms with van der Waals surface area (Å²) in [5.41, 5.74) is 3.53. The lowest BCUT2D eigenvalue weighted by Gasteiger charge is -2.21. The van der Waals surface area contributed by atoms with Crippen LogP contribution in [-0.2, 0) is 9.53 Å². The molecule has 0 heterocycles. The zero-order valence-electron chi connectivity index (χ0n) is 11.3. The molecule has 3 nitrogen and oxygen atoms in total. The molecule has 0 atom stereocenters. The van der Waals surface area contributed by atoms with E-state index in [1.165, 1.54) is 18.2 Å². The van der Waals surface area contributed by atoms with E-state index in [2.05, 4.69) is 36.8 Å². The highest BCUT2D eigenvalue weighted by atomic mass is 16.5. The van der Waals surface area contributed by atoms with Crippen molar-refractivity contribution in [1.29, 1.82) is 0 Å². The summed E-state index contributed by atoms with van der Waals surface area (Å²) < 4.78 is 4.68. The van der Waals surface area contributed by atoms with Crippen LogP contribution in [-0.4, -0.2) is 26.7 Å². The molecule has 0 aromatic heterocycles. The minimum absolute atomic E-state index is 0.221. The number of esters is 1. The highest BCUT2D eigenvalue weighted by molar-refractivity contribution is 5.76. The molecule has 94 valence electrons. The highest BCUT2D eigenvalue weighted by Gasteiger charge is 2.11. The number of nitrogens with zero attached hydrogens (tertiary/aromatic N) is 1. The van der Waals surface area contributed by atoms with Crippen molar-refractivity contribution in [3.05, 3.63) is 29.3 Å². The second-order valence-electron chi connectivity index (χ2n) is 4.63. The van der Waals surface area contributed by atoms with Crippen molar-refractivity contribution in [2.75, 3.05) is 25.6 Å². The number of ether oxygens (including phenoxy) is 1. The van der Waals surface area contributed by atoms with Gasteiger partial charge in [0.25, 0.3) is 0 Å². The van der Waals surface area contributed by atoms with Crippen LogP contribution in [0.5, 0.6) is 0 Å². The molecule has 0 spiro atoms. The largest absolute Gasteiger partial charge is 0.468 e. The Morgan fingerprint density at radius 2 is 2.06 bits per heavy atom. The van der Waals surface area contributed by atoms with Crippen LogP contribution in [0.4, 0.5) is 5.69 Å². The van der Waals surface area contributed by atoms with Crippen LogP contribution in [0.25, 0.3) is 0 Å². The average molecular weight is 235 g/mol. The van der Waals surface area contributed by atoms with Gasteiger partial charge in [-0.3, -0.25) is 4.79 Å². The van der Waals surface area contributed by atoms with Gasteiger partial charge < -0.3 is 9.64 Å². The number of rotatable bonds is 4. The third-order valence-electron chi connectivity index (χ3n) is 2.91. The van der Waals surface area contributed by atoms with Crippen molar-refractivity contribution < 1.29 is 9.53 Å². The first-order chi connectivity index (χ1) is 7.95. The van der Waals surface area contributed by atoms with Crippen molar-refractivity contribution in [2.24, 2.45) is 0 Å². The summed E-state index contributed by atoms with van der Waals surface area (Å²) in [5.74, 6) is 0.266. The number of anilines is 1. The summed E-state index contributed by atoms with van der Waals surface area (Å²) in [5, 5.41) is 0. The Balaban J connectivity index is 2.95. The van der Waals surface area contributed by atoms with Crippen LogP contribution in [0.1, 0.15) is 30.9 Å². The Kier molecular flexibility index (Phi) is 4.55. The maximum Gasteiger partial charge on any atom is 0.325 e. The number of likely N-dealkylation sites (N-methyl/N-ethyl adjacent to an activating group) is 1. The predicted octanol–water partition coefficient (Wildman–Crippen LogP) is 2.73. The summed E-state index contributed by atoms with van der Waals surface area (Å²) in [6.45, 7) is 6.65. The van der Waals surface area contributed by atoms with Crippen LogP contribution in [0.15, 0.2) is 18.2 Å². The van der Waals surface area contributed by atoms with Gasteiger partial charge in [0.1, 0.15) is 6.54 Å². The number of carbonyl (C=O) groups is 1. The van der Waals surface area contributed by atoms with E-state index in [1.54, 1.807) is 0 Å². The summed E-state index contributed by atoms with van der Waals surface area (Å²) >= 11 is 0. The van der Waals surface area contributed by atoms with E-state index in [9.17, 15) is 4.79 Å². The third kappa shape index (κ3) is 3.48. The van der Waals surface area contributed by atoms with Crippen molar-refractivity contribution >= 4 is 11.7 Å². The molecule has 3 heteroatoms. The Hall–Kier alpha value is -1.51. The van der Waals surface area contributed by atoms with Gasteiger partial charge in [0.15, 0.2) is 0 Å². The van der Waals surface area contributed by atoms with E-state index < -0.39 is 0 Å². The Morgan fingerprint density at radius 1 is 1.41 bits per heavy atom. The Bertz CT molecular complexity index is 399. The zero-order chi connectivity index (χ0) is 13.0. The van der Waals surface area contributed by atoms with Gasteiger partial charge in [0, 0.05) is 12.7 Å². The van der Waals surface area contributed by atoms with Gasteiger partial charge in [0.05, 0.1) is 7.11 Å². The average Bonchev–Trinajstić information content (AvgIpc) is 2.28. The maximum atomic E-state index is 11.3. The quantitative estimate of drug-likeness (QED) is 0.751. The monoisotopic (exact) mass is 235 g/mol. The molecule has 0 saturated carbocycles. The molecule has 0 saturated heterocycles. The van der Waals surface area contributed by atoms with E-state index >= 15 is 0 Å². The van der Waals surface area contributed by atoms with Crippen molar-refractivity contribution in [3.8, 4) is 0 Å². The molecule has 0 bridgehead atoms. The van der Waals surface area contributed by atoms with Crippen molar-refractivity contribution in [1.82, 2.24) is 0 Å². The highest BCUT2D eigenvalue weighted by Crippen LogP contribution is 2.24. The van der Waals surface area contributed by atoms with E-state index in [4.69, 9.17) is 0 Å². The predicted molar refractivity (Wildman–Crippen MR) is 70.6 cm³/mol. The fourth-order valence-corrected chi connectivity index (χ4v) is 1.74. The zero-order valence-corrected chi connectivity index (χ0v) is 11.3. The summed E-state index contributed by atoms with van der Waals surface area (Å²) in [7, 11) is 3.32. The number of aryl methyl sites for hydroxylation is 1. The number of hydrogen-bond donors (Lipinski definition) is 0. The number of benzene rings is 1. The van der Waals surface area contributed by atoms with Gasteiger partial charge in [-0.25, -0.2) is 0 Å². The Morgan fingerprint density at radius 3 is 2.59 bits per heavy atom. The molecule has 17 heavy (non-hydrogen) atoms. The molecule has 0 aliphatic carbocycles. The normalized spacial score (nSPS) is 10.5. The minimum Gasteiger partial charge on any atom is -0.468 e. The number of hydrogen-bond acceptors (Lipinski definition) is 3. The first-order valence-electron chi connectivity index (χ1n) is 5.84. The second kappa shape index (κ2) is 5.71. The molecule has 0 fully saturated rings. The summed E-state index contributed by atoms with van der Waals surface area (Å²) in [4.78, 5) is 13.2. The molecular formula is C14H21NO2. The van der Waals surface area contributed by atoms with E-state index in [0.717, 1.165) is 5.69 Å². The lowest BCUT2D eigenvalue weighted by Crippen LogP contribution is -2.27. The number of methoxy groups -OCH3 is 1. The maximum absolute atomic E-state index is 11.3. The van der Waals surface area contributed by atoms with Crippen LogP contribution in [0, 0.1) is 6.92 Å². The summed E-state index contributed by atoms with van der Waals surface area (Å²) in [6.07, 6.45) is 0. The van der Waals surface area contributed by atoms with Crippen molar-refractivity contribution in [3.63, 3.8) is 0 Å². The van der Waals surface area contributed by atoms with E-state index in [-0.39, 0.29) is 12.5 Å². The number of carbonyl (C=O) groups excluding carboxylic acids is 1. The Labute approximate surface area is 103 Å². The fraction of sp³-hybridized carbons (Fsp3) is 0.500. The van der Waals surface area contributed by atoms with Crippen LogP contribution in [0.2, 0.25) is 0 Å². The SMILES string of the molecule is COC(=O)CN(C)c1cc(C(C)C)ccc1C. The molecule has 0 radical (unpaired) electrons. The topological polar surface area (TPSA) is 29.5 Å². The second-order valence-corrected chi connectivity index (χ2v) is 4.63. The minimum atomic E-state index is -0.221. The first kappa shape index (κ1) is 13.6. The molecule has 0 aliphatic heterocycles. The summed E-state index contributed by atoms with van der Waals surface area (Å²) in [6, 6.07) is 6.37. The first-order valence-corrected chi connectivity index (χ1v) is 5.84. The lowest BCUT2D eigenvalue weighted by atomic mass is 10.0. The van der Waals surface area contributed by atoms with E-state index in [1.807, 2.05) is 18.9 Å². The fourth-order valence-electron chi connectivity index (χ4n) is 1.74. The molecular weight excluding hydrogens is 214 g/mol. The van der Waals surface area contributed by atoms with Gasteiger partial charge >= 0.3 is 5.97 Å². The van der Waals surface area contributed by atoms with Gasteiger partial charge in [-0.15, -0.1) is 0 Å². The van der Waals surface area contributed by atoms with Gasteiger partial charge in [0.2, 0.25) is 0 Å².